The highest BCUT2D eigenvalue weighted by Crippen LogP contribution is 2.60. The normalized spacial score (nSPS) is 20.6. The minimum Gasteiger partial charge on any atom is -0.399 e. The average molecular weight is 502 g/mol. The highest BCUT2D eigenvalue weighted by atomic mass is 35.5. The quantitative estimate of drug-likeness (QED) is 0.107. The fourth-order valence-corrected chi connectivity index (χ4v) is 5.51. The summed E-state index contributed by atoms with van der Waals surface area (Å²) in [5, 5.41) is 7.25. The molecule has 12 heteroatoms. The fraction of sp³-hybridized carbons (Fsp3) is 0.348. The standard InChI is InChI=1S/C23H26ClF2N9/c1-11(30-16-3-4-17(24)31-19(16)20(33-28)34-29)14-7-13(27)8-15-12(2)35-6-5-22(9-23(25,26)10-22)21(35)32-18(14)15/h3-4,7-8,11,30H,2,5-6,9-10,27-29H2,1H3,(H,33,34). The molecule has 3 aliphatic rings. The Morgan fingerprint density at radius 3 is 2.71 bits per heavy atom. The number of amidine groups is 2. The molecule has 1 atom stereocenters. The van der Waals surface area contributed by atoms with Gasteiger partial charge in [-0.3, -0.25) is 0 Å². The SMILES string of the molecule is C=C1c2cc(N)cc(C(C)Nc3ccc(Cl)nc3/C(=N/N)NN)c2N=C2N1CCC21CC(F)(F)C1. The fourth-order valence-electron chi connectivity index (χ4n) is 5.36. The number of hydrazone groups is 1. The molecule has 0 amide bonds. The van der Waals surface area contributed by atoms with Crippen LogP contribution < -0.4 is 28.2 Å². The first-order valence-corrected chi connectivity index (χ1v) is 11.5. The van der Waals surface area contributed by atoms with E-state index in [9.17, 15) is 8.78 Å². The van der Waals surface area contributed by atoms with Crippen LogP contribution in [0.15, 0.2) is 40.9 Å². The number of nitrogens with zero attached hydrogens (tertiary/aromatic N) is 4. The zero-order chi connectivity index (χ0) is 25.1. The molecule has 8 N–H and O–H groups in total. The lowest BCUT2D eigenvalue weighted by molar-refractivity contribution is -0.131. The third kappa shape index (κ3) is 3.75. The number of hydrazine groups is 1. The third-order valence-electron chi connectivity index (χ3n) is 6.94. The lowest BCUT2D eigenvalue weighted by Gasteiger charge is -2.46. The number of fused-ring (bicyclic) bond motifs is 3. The summed E-state index contributed by atoms with van der Waals surface area (Å²) in [6.45, 7) is 6.80. The van der Waals surface area contributed by atoms with Gasteiger partial charge in [0.15, 0.2) is 5.84 Å². The van der Waals surface area contributed by atoms with Crippen molar-refractivity contribution in [3.8, 4) is 0 Å². The summed E-state index contributed by atoms with van der Waals surface area (Å²) < 4.78 is 27.8. The molecule has 1 aliphatic carbocycles. The van der Waals surface area contributed by atoms with E-state index in [4.69, 9.17) is 34.0 Å². The first-order valence-electron chi connectivity index (χ1n) is 11.1. The van der Waals surface area contributed by atoms with Gasteiger partial charge in [-0.25, -0.2) is 24.6 Å². The molecule has 35 heavy (non-hydrogen) atoms. The smallest absolute Gasteiger partial charge is 0.250 e. The number of anilines is 2. The Morgan fingerprint density at radius 1 is 1.31 bits per heavy atom. The summed E-state index contributed by atoms with van der Waals surface area (Å²) in [7, 11) is 0. The van der Waals surface area contributed by atoms with Crippen LogP contribution in [0.25, 0.3) is 5.70 Å². The first kappa shape index (κ1) is 23.3. The molecular formula is C23H26ClF2N9. The first-order chi connectivity index (χ1) is 16.6. The number of pyridine rings is 1. The van der Waals surface area contributed by atoms with E-state index < -0.39 is 11.3 Å². The Bertz CT molecular complexity index is 1280. The Balaban J connectivity index is 1.56. The number of hydrogen-bond donors (Lipinski definition) is 5. The molecule has 0 radical (unpaired) electrons. The topological polar surface area (TPSA) is 143 Å². The zero-order valence-corrected chi connectivity index (χ0v) is 19.8. The van der Waals surface area contributed by atoms with Gasteiger partial charge in [-0.05, 0) is 37.6 Å². The van der Waals surface area contributed by atoms with E-state index in [2.05, 4.69) is 27.4 Å². The van der Waals surface area contributed by atoms with Crippen molar-refractivity contribution in [2.75, 3.05) is 17.6 Å². The van der Waals surface area contributed by atoms with Crippen LogP contribution in [-0.2, 0) is 0 Å². The van der Waals surface area contributed by atoms with Gasteiger partial charge in [0.1, 0.15) is 16.7 Å². The van der Waals surface area contributed by atoms with Crippen LogP contribution in [0.3, 0.4) is 0 Å². The highest BCUT2D eigenvalue weighted by Gasteiger charge is 2.63. The van der Waals surface area contributed by atoms with Crippen LogP contribution in [0.5, 0.6) is 0 Å². The number of benzene rings is 1. The van der Waals surface area contributed by atoms with Crippen molar-refractivity contribution < 1.29 is 8.78 Å². The number of halogens is 3. The van der Waals surface area contributed by atoms with Crippen molar-refractivity contribution in [2.45, 2.75) is 38.2 Å². The number of aromatic nitrogens is 1. The van der Waals surface area contributed by atoms with Gasteiger partial charge >= 0.3 is 0 Å². The largest absolute Gasteiger partial charge is 0.399 e. The number of hydrogen-bond acceptors (Lipinski definition) is 8. The summed E-state index contributed by atoms with van der Waals surface area (Å²) in [5.74, 6) is 9.14. The molecule has 2 aromatic rings. The lowest BCUT2D eigenvalue weighted by atomic mass is 9.64. The van der Waals surface area contributed by atoms with Gasteiger partial charge in [0.05, 0.1) is 17.4 Å². The second-order valence-electron chi connectivity index (χ2n) is 9.30. The highest BCUT2D eigenvalue weighted by molar-refractivity contribution is 6.29. The van der Waals surface area contributed by atoms with Gasteiger partial charge in [-0.1, -0.05) is 18.2 Å². The second kappa shape index (κ2) is 8.06. The molecule has 2 aliphatic heterocycles. The maximum atomic E-state index is 13.9. The van der Waals surface area contributed by atoms with Gasteiger partial charge in [-0.2, -0.15) is 5.10 Å². The van der Waals surface area contributed by atoms with E-state index in [-0.39, 0.29) is 29.9 Å². The predicted molar refractivity (Wildman–Crippen MR) is 134 cm³/mol. The third-order valence-corrected chi connectivity index (χ3v) is 7.15. The monoisotopic (exact) mass is 501 g/mol. The van der Waals surface area contributed by atoms with E-state index in [1.54, 1.807) is 12.1 Å². The van der Waals surface area contributed by atoms with Crippen LogP contribution >= 0.6 is 11.6 Å². The number of nitrogens with two attached hydrogens (primary N) is 3. The van der Waals surface area contributed by atoms with E-state index >= 15 is 0 Å². The van der Waals surface area contributed by atoms with Gasteiger partial charge in [0.2, 0.25) is 5.92 Å². The van der Waals surface area contributed by atoms with Crippen LogP contribution in [0, 0.1) is 5.41 Å². The van der Waals surface area contributed by atoms with Gasteiger partial charge in [-0.15, -0.1) is 0 Å². The molecule has 1 spiro atoms. The molecule has 184 valence electrons. The van der Waals surface area contributed by atoms with Crippen molar-refractivity contribution in [3.05, 3.63) is 52.8 Å². The van der Waals surface area contributed by atoms with E-state index in [0.29, 0.717) is 41.6 Å². The van der Waals surface area contributed by atoms with Gasteiger partial charge < -0.3 is 27.2 Å². The molecule has 3 heterocycles. The van der Waals surface area contributed by atoms with Crippen molar-refractivity contribution in [1.82, 2.24) is 15.3 Å². The van der Waals surface area contributed by atoms with Crippen molar-refractivity contribution in [3.63, 3.8) is 0 Å². The summed E-state index contributed by atoms with van der Waals surface area (Å²) in [6, 6.07) is 6.68. The van der Waals surface area contributed by atoms with E-state index in [0.717, 1.165) is 16.8 Å². The Hall–Kier alpha value is -3.44. The molecule has 1 aromatic carbocycles. The minimum atomic E-state index is -2.66. The Morgan fingerprint density at radius 2 is 2.06 bits per heavy atom. The minimum absolute atomic E-state index is 0.139. The molecule has 1 saturated carbocycles. The number of nitrogens with one attached hydrogen (secondary N) is 2. The maximum absolute atomic E-state index is 13.9. The number of nitrogen functional groups attached to an aromatic ring is 1. The van der Waals surface area contributed by atoms with Crippen molar-refractivity contribution in [2.24, 2.45) is 27.2 Å². The maximum Gasteiger partial charge on any atom is 0.250 e. The number of rotatable bonds is 4. The Kier molecular flexibility index (Phi) is 5.37. The van der Waals surface area contributed by atoms with Crippen LogP contribution in [-0.4, -0.2) is 34.0 Å². The number of aliphatic imine (C=N–C) groups is 1. The van der Waals surface area contributed by atoms with E-state index in [1.807, 2.05) is 24.0 Å². The van der Waals surface area contributed by atoms with Crippen LogP contribution in [0.1, 0.15) is 49.0 Å². The molecule has 1 saturated heterocycles. The molecule has 2 fully saturated rings. The molecular weight excluding hydrogens is 476 g/mol. The number of alkyl halides is 2. The van der Waals surface area contributed by atoms with Crippen LogP contribution in [0.4, 0.5) is 25.8 Å². The molecule has 1 aromatic heterocycles. The average Bonchev–Trinajstić information content (AvgIpc) is 3.14. The predicted octanol–water partition coefficient (Wildman–Crippen LogP) is 3.71. The molecule has 5 rings (SSSR count). The zero-order valence-electron chi connectivity index (χ0n) is 19.1. The van der Waals surface area contributed by atoms with Crippen molar-refractivity contribution in [1.29, 1.82) is 0 Å². The van der Waals surface area contributed by atoms with Crippen molar-refractivity contribution >= 4 is 46.0 Å². The Labute approximate surface area is 206 Å². The van der Waals surface area contributed by atoms with Gasteiger partial charge in [0.25, 0.3) is 0 Å². The van der Waals surface area contributed by atoms with Crippen LogP contribution in [0.2, 0.25) is 5.15 Å². The summed E-state index contributed by atoms with van der Waals surface area (Å²) >= 11 is 6.07. The summed E-state index contributed by atoms with van der Waals surface area (Å²) in [5.41, 5.74) is 12.4. The van der Waals surface area contributed by atoms with Gasteiger partial charge in [0, 0.05) is 47.3 Å². The van der Waals surface area contributed by atoms with E-state index in [1.165, 1.54) is 0 Å². The summed E-state index contributed by atoms with van der Waals surface area (Å²) in [6.07, 6.45) is 0.243. The molecule has 0 bridgehead atoms. The second-order valence-corrected chi connectivity index (χ2v) is 9.69. The lowest BCUT2D eigenvalue weighted by Crippen LogP contribution is -2.51. The molecule has 9 nitrogen and oxygen atoms in total. The molecule has 1 unspecified atom stereocenters. The summed E-state index contributed by atoms with van der Waals surface area (Å²) in [4.78, 5) is 11.2.